The molecule has 3 aromatic heterocycles. The third-order valence-electron chi connectivity index (χ3n) is 5.09. The molecule has 0 amide bonds. The Morgan fingerprint density at radius 3 is 2.17 bits per heavy atom. The van der Waals surface area contributed by atoms with Crippen LogP contribution in [0.3, 0.4) is 0 Å². The lowest BCUT2D eigenvalue weighted by atomic mass is 10.2. The second-order valence-corrected chi connectivity index (χ2v) is 7.22. The van der Waals surface area contributed by atoms with E-state index in [0.717, 1.165) is 44.9 Å². The Morgan fingerprint density at radius 2 is 1.47 bits per heavy atom. The van der Waals surface area contributed by atoms with Crippen molar-refractivity contribution < 1.29 is 10.8 Å². The Balaban J connectivity index is 1.78. The van der Waals surface area contributed by atoms with Gasteiger partial charge in [-0.15, -0.1) is 0 Å². The molecule has 6 heteroatoms. The summed E-state index contributed by atoms with van der Waals surface area (Å²) < 4.78 is 19.1. The van der Waals surface area contributed by atoms with Gasteiger partial charge in [-0.1, -0.05) is 0 Å². The molecule has 0 aliphatic carbocycles. The normalized spacial score (nSPS) is 13.2. The highest BCUT2D eigenvalue weighted by atomic mass is 16.7. The molecule has 0 saturated heterocycles. The lowest BCUT2D eigenvalue weighted by Crippen LogP contribution is -2.15. The van der Waals surface area contributed by atoms with Gasteiger partial charge in [0.25, 0.3) is 0 Å². The van der Waals surface area contributed by atoms with Crippen LogP contribution < -0.4 is 0 Å². The third kappa shape index (κ3) is 3.83. The molecule has 0 atom stereocenters. The average Bonchev–Trinajstić information content (AvgIpc) is 3.52. The first-order valence-electron chi connectivity index (χ1n) is 10.2. The molecule has 5 rings (SSSR count). The average molecular weight is 399 g/mol. The van der Waals surface area contributed by atoms with Gasteiger partial charge in [-0.05, 0) is 72.3 Å². The quantitative estimate of drug-likeness (QED) is 0.425. The number of aromatic amines is 2. The largest absolute Gasteiger partial charge is 0.356 e. The van der Waals surface area contributed by atoms with E-state index in [1.54, 1.807) is 14.2 Å². The number of ether oxygens (including phenoxy) is 2. The molecule has 0 radical (unpaired) electrons. The Labute approximate surface area is 175 Å². The molecule has 30 heavy (non-hydrogen) atoms. The molecule has 0 unspecified atom stereocenters. The number of methoxy groups -OCH3 is 2. The van der Waals surface area contributed by atoms with Crippen LogP contribution in [-0.4, -0.2) is 40.4 Å². The van der Waals surface area contributed by atoms with E-state index in [-0.39, 0.29) is 6.29 Å². The number of nitrogens with one attached hydrogen (secondary N) is 2. The maximum Gasteiger partial charge on any atom is 0.160 e. The maximum atomic E-state index is 8.30. The summed E-state index contributed by atoms with van der Waals surface area (Å²) in [6.07, 6.45) is 8.10. The minimum Gasteiger partial charge on any atom is -0.356 e. The summed E-state index contributed by atoms with van der Waals surface area (Å²) in [6, 6.07) is 12.1. The van der Waals surface area contributed by atoms with Crippen LogP contribution in [0.2, 0.25) is 0 Å². The molecule has 2 aliphatic heterocycles. The predicted octanol–water partition coefficient (Wildman–Crippen LogP) is 4.82. The molecular formula is C24H22N4O2. The summed E-state index contributed by atoms with van der Waals surface area (Å²) in [5, 5.41) is 0. The van der Waals surface area contributed by atoms with Crippen molar-refractivity contribution in [2.75, 3.05) is 14.2 Å². The molecular weight excluding hydrogens is 376 g/mol. The van der Waals surface area contributed by atoms with Crippen molar-refractivity contribution in [2.45, 2.75) is 12.7 Å². The minimum absolute atomic E-state index is 0.342. The van der Waals surface area contributed by atoms with Gasteiger partial charge < -0.3 is 19.4 Å². The van der Waals surface area contributed by atoms with E-state index in [1.807, 2.05) is 54.6 Å². The van der Waals surface area contributed by atoms with Crippen molar-refractivity contribution in [1.82, 2.24) is 19.9 Å². The highest BCUT2D eigenvalue weighted by Gasteiger charge is 2.11. The fourth-order valence-corrected chi connectivity index (χ4v) is 3.62. The zero-order chi connectivity index (χ0) is 21.4. The van der Waals surface area contributed by atoms with Crippen molar-refractivity contribution in [3.63, 3.8) is 0 Å². The monoisotopic (exact) mass is 399 g/mol. The maximum absolute atomic E-state index is 8.30. The molecule has 6 nitrogen and oxygen atoms in total. The number of nitrogens with zero attached hydrogens (tertiary/aromatic N) is 2. The van der Waals surface area contributed by atoms with Gasteiger partial charge in [0.05, 0.1) is 24.1 Å². The first-order valence-corrected chi connectivity index (χ1v) is 9.73. The van der Waals surface area contributed by atoms with E-state index >= 15 is 0 Å². The Hall–Kier alpha value is -3.48. The van der Waals surface area contributed by atoms with E-state index < -0.39 is 0 Å². The number of rotatable bonds is 4. The van der Waals surface area contributed by atoms with Gasteiger partial charge in [-0.2, -0.15) is 0 Å². The fraction of sp³-hybridized carbons (Fsp3) is 0.167. The summed E-state index contributed by atoms with van der Waals surface area (Å²) in [7, 11) is 3.27. The number of aromatic nitrogens is 4. The van der Waals surface area contributed by atoms with Crippen LogP contribution in [0, 0.1) is 0 Å². The highest BCUT2D eigenvalue weighted by molar-refractivity contribution is 5.78. The Bertz CT molecular complexity index is 1360. The lowest BCUT2D eigenvalue weighted by Gasteiger charge is -2.12. The second-order valence-electron chi connectivity index (χ2n) is 7.22. The molecule has 5 heterocycles. The summed E-state index contributed by atoms with van der Waals surface area (Å²) in [5.74, 6) is 0. The van der Waals surface area contributed by atoms with Crippen molar-refractivity contribution >= 4 is 46.4 Å². The van der Waals surface area contributed by atoms with E-state index in [4.69, 9.17) is 15.8 Å². The van der Waals surface area contributed by atoms with E-state index in [9.17, 15) is 0 Å². The second kappa shape index (κ2) is 7.74. The molecule has 0 fully saturated rings. The smallest absolute Gasteiger partial charge is 0.160 e. The van der Waals surface area contributed by atoms with Gasteiger partial charge in [-0.25, -0.2) is 9.97 Å². The summed E-state index contributed by atoms with van der Waals surface area (Å²) in [4.78, 5) is 16.1. The van der Waals surface area contributed by atoms with Crippen molar-refractivity contribution in [2.24, 2.45) is 0 Å². The fourth-order valence-electron chi connectivity index (χ4n) is 3.62. The molecule has 150 valence electrons. The van der Waals surface area contributed by atoms with Crippen LogP contribution in [0.4, 0.5) is 0 Å². The summed E-state index contributed by atoms with van der Waals surface area (Å²) >= 11 is 0. The Kier molecular flexibility index (Phi) is 4.49. The molecule has 2 aliphatic rings. The minimum atomic E-state index is -0.342. The van der Waals surface area contributed by atoms with Gasteiger partial charge in [0.2, 0.25) is 0 Å². The summed E-state index contributed by atoms with van der Waals surface area (Å²) in [6.45, 7) is 0. The first kappa shape index (κ1) is 17.4. The van der Waals surface area contributed by atoms with E-state index in [0.29, 0.717) is 18.0 Å². The van der Waals surface area contributed by atoms with Gasteiger partial charge in [0.15, 0.2) is 6.29 Å². The van der Waals surface area contributed by atoms with E-state index in [1.165, 1.54) is 0 Å². The SMILES string of the molecule is [2H]c1cc2cc3cc(CC(OC)OC)c(cc4nc(cc5nc(cc1[nH]2)C=C5)C=C4)[nH]3. The number of H-pyrrole nitrogens is 2. The van der Waals surface area contributed by atoms with Crippen LogP contribution in [0.15, 0.2) is 42.4 Å². The van der Waals surface area contributed by atoms with Gasteiger partial charge >= 0.3 is 0 Å². The molecule has 0 aromatic carbocycles. The zero-order valence-corrected chi connectivity index (χ0v) is 16.8. The van der Waals surface area contributed by atoms with E-state index in [2.05, 4.69) is 21.0 Å². The molecule has 0 spiro atoms. The van der Waals surface area contributed by atoms with Gasteiger partial charge in [0, 0.05) is 42.7 Å². The van der Waals surface area contributed by atoms with Crippen LogP contribution in [0.25, 0.3) is 46.4 Å². The van der Waals surface area contributed by atoms with Crippen LogP contribution in [0.5, 0.6) is 0 Å². The molecule has 2 N–H and O–H groups in total. The predicted molar refractivity (Wildman–Crippen MR) is 120 cm³/mol. The first-order chi connectivity index (χ1) is 15.1. The Morgan fingerprint density at radius 1 is 0.800 bits per heavy atom. The highest BCUT2D eigenvalue weighted by Crippen LogP contribution is 2.21. The van der Waals surface area contributed by atoms with Crippen molar-refractivity contribution in [3.8, 4) is 0 Å². The summed E-state index contributed by atoms with van der Waals surface area (Å²) in [5.41, 5.74) is 7.81. The lowest BCUT2D eigenvalue weighted by molar-refractivity contribution is -0.100. The van der Waals surface area contributed by atoms with Crippen molar-refractivity contribution in [1.29, 1.82) is 0 Å². The topological polar surface area (TPSA) is 75.8 Å². The van der Waals surface area contributed by atoms with Gasteiger partial charge in [-0.3, -0.25) is 0 Å². The standard InChI is InChI=1S/C24H22N4O2/c1-29-24(30-2)10-15-9-22-13-20-6-5-18(26-20)11-16-3-4-17(25-16)12-19-7-8-21(27-19)14-23(15)28-22/h3-9,11-14,24,26,28H,10H2,1-2H3/i5D. The zero-order valence-electron chi connectivity index (χ0n) is 17.8. The molecule has 8 bridgehead atoms. The number of fused-ring (bicyclic) bond motifs is 8. The molecule has 3 aromatic rings. The van der Waals surface area contributed by atoms with Crippen molar-refractivity contribution in [3.05, 3.63) is 70.8 Å². The third-order valence-corrected chi connectivity index (χ3v) is 5.09. The van der Waals surface area contributed by atoms with Crippen LogP contribution >= 0.6 is 0 Å². The van der Waals surface area contributed by atoms with Gasteiger partial charge in [0.1, 0.15) is 0 Å². The molecule has 0 saturated carbocycles. The van der Waals surface area contributed by atoms with Crippen LogP contribution in [0.1, 0.15) is 29.7 Å². The number of hydrogen-bond acceptors (Lipinski definition) is 4. The number of hydrogen-bond donors (Lipinski definition) is 2. The van der Waals surface area contributed by atoms with Crippen LogP contribution in [-0.2, 0) is 15.9 Å².